The Bertz CT molecular complexity index is 918. The average Bonchev–Trinajstić information content (AvgIpc) is 3.08. The van der Waals surface area contributed by atoms with Crippen molar-refractivity contribution in [2.24, 2.45) is 0 Å². The van der Waals surface area contributed by atoms with Crippen LogP contribution in [0.2, 0.25) is 0 Å². The molecular weight excluding hydrogens is 390 g/mol. The van der Waals surface area contributed by atoms with Gasteiger partial charge in [-0.25, -0.2) is 0 Å². The number of aryl methyl sites for hydroxylation is 2. The maximum Gasteiger partial charge on any atom is 0.276 e. The number of hydrogen-bond acceptors (Lipinski definition) is 5. The number of carbonyl (C=O) groups is 2. The van der Waals surface area contributed by atoms with Crippen LogP contribution in [0, 0.1) is 13.8 Å². The number of hydrogen-bond donors (Lipinski definition) is 3. The van der Waals surface area contributed by atoms with Crippen LogP contribution in [0.3, 0.4) is 0 Å². The van der Waals surface area contributed by atoms with Crippen molar-refractivity contribution in [1.82, 2.24) is 16.2 Å². The van der Waals surface area contributed by atoms with Gasteiger partial charge in [-0.3, -0.25) is 25.8 Å². The summed E-state index contributed by atoms with van der Waals surface area (Å²) < 4.78 is 11.0. The molecule has 1 aromatic carbocycles. The summed E-state index contributed by atoms with van der Waals surface area (Å²) in [6, 6.07) is 9.44. The lowest BCUT2D eigenvalue weighted by Gasteiger charge is -2.15. The molecule has 0 bridgehead atoms. The summed E-state index contributed by atoms with van der Waals surface area (Å²) in [6.45, 7) is 7.70. The molecule has 0 aliphatic heterocycles. The van der Waals surface area contributed by atoms with E-state index in [0.717, 1.165) is 16.9 Å². The van der Waals surface area contributed by atoms with Gasteiger partial charge in [0.25, 0.3) is 5.91 Å². The van der Waals surface area contributed by atoms with Crippen molar-refractivity contribution >= 4 is 35.2 Å². The quantitative estimate of drug-likeness (QED) is 0.381. The molecule has 2 rings (SSSR count). The van der Waals surface area contributed by atoms with E-state index in [1.54, 1.807) is 12.1 Å². The molecule has 2 amide bonds. The lowest BCUT2D eigenvalue weighted by atomic mass is 10.0. The monoisotopic (exact) mass is 415 g/mol. The Labute approximate surface area is 175 Å². The van der Waals surface area contributed by atoms with Crippen LogP contribution in [0.15, 0.2) is 40.8 Å². The minimum Gasteiger partial charge on any atom is -0.483 e. The Morgan fingerprint density at radius 2 is 1.93 bits per heavy atom. The van der Waals surface area contributed by atoms with Crippen molar-refractivity contribution in [2.75, 3.05) is 6.61 Å². The third-order valence-corrected chi connectivity index (χ3v) is 4.07. The fraction of sp³-hybridized carbons (Fsp3) is 0.286. The summed E-state index contributed by atoms with van der Waals surface area (Å²) in [5.41, 5.74) is 6.92. The van der Waals surface area contributed by atoms with E-state index in [-0.39, 0.29) is 17.6 Å². The molecule has 1 heterocycles. The Morgan fingerprint density at radius 1 is 1.17 bits per heavy atom. The van der Waals surface area contributed by atoms with E-state index in [0.29, 0.717) is 11.5 Å². The van der Waals surface area contributed by atoms with Crippen molar-refractivity contribution in [3.63, 3.8) is 0 Å². The first-order valence-corrected chi connectivity index (χ1v) is 9.53. The van der Waals surface area contributed by atoms with Gasteiger partial charge in [-0.05, 0) is 67.4 Å². The molecule has 0 saturated heterocycles. The van der Waals surface area contributed by atoms with Gasteiger partial charge in [0.1, 0.15) is 17.3 Å². The number of carbonyl (C=O) groups excluding carboxylic acids is 2. The molecule has 2 aromatic rings. The number of nitrogens with one attached hydrogen (secondary N) is 3. The Morgan fingerprint density at radius 3 is 2.59 bits per heavy atom. The van der Waals surface area contributed by atoms with Gasteiger partial charge in [0, 0.05) is 6.08 Å². The smallest absolute Gasteiger partial charge is 0.276 e. The first kappa shape index (κ1) is 22.2. The summed E-state index contributed by atoms with van der Waals surface area (Å²) in [6.07, 6.45) is 2.80. The van der Waals surface area contributed by atoms with Gasteiger partial charge in [0.15, 0.2) is 11.7 Å². The maximum absolute atomic E-state index is 12.0. The third-order valence-electron chi connectivity index (χ3n) is 3.86. The topological polar surface area (TPSA) is 92.6 Å². The van der Waals surface area contributed by atoms with E-state index in [1.165, 1.54) is 12.2 Å². The van der Waals surface area contributed by atoms with E-state index in [9.17, 15) is 9.59 Å². The van der Waals surface area contributed by atoms with Crippen LogP contribution in [-0.2, 0) is 9.59 Å². The van der Waals surface area contributed by atoms with Crippen LogP contribution in [0.1, 0.15) is 42.4 Å². The normalized spacial score (nSPS) is 10.8. The predicted molar refractivity (Wildman–Crippen MR) is 115 cm³/mol. The second-order valence-electron chi connectivity index (χ2n) is 6.76. The molecule has 1 aromatic heterocycles. The van der Waals surface area contributed by atoms with Crippen LogP contribution in [0.4, 0.5) is 0 Å². The number of thiocarbonyl (C=S) groups is 1. The van der Waals surface area contributed by atoms with Gasteiger partial charge < -0.3 is 9.15 Å². The summed E-state index contributed by atoms with van der Waals surface area (Å²) in [5, 5.41) is 2.38. The highest BCUT2D eigenvalue weighted by atomic mass is 32.1. The van der Waals surface area contributed by atoms with Crippen LogP contribution in [0.5, 0.6) is 5.75 Å². The van der Waals surface area contributed by atoms with Gasteiger partial charge in [-0.15, -0.1) is 0 Å². The highest BCUT2D eigenvalue weighted by Gasteiger charge is 2.11. The van der Waals surface area contributed by atoms with Crippen LogP contribution >= 0.6 is 12.2 Å². The van der Waals surface area contributed by atoms with E-state index >= 15 is 0 Å². The number of furan rings is 1. The fourth-order valence-corrected chi connectivity index (χ4v) is 2.59. The third kappa shape index (κ3) is 7.42. The highest BCUT2D eigenvalue weighted by Crippen LogP contribution is 2.27. The first-order valence-electron chi connectivity index (χ1n) is 9.12. The lowest BCUT2D eigenvalue weighted by molar-refractivity contribution is -0.123. The van der Waals surface area contributed by atoms with Gasteiger partial charge >= 0.3 is 0 Å². The minimum absolute atomic E-state index is 0.0398. The summed E-state index contributed by atoms with van der Waals surface area (Å²) in [7, 11) is 0. The molecule has 29 heavy (non-hydrogen) atoms. The van der Waals surface area contributed by atoms with Crippen molar-refractivity contribution in [2.45, 2.75) is 33.6 Å². The van der Waals surface area contributed by atoms with Gasteiger partial charge in [-0.1, -0.05) is 26.0 Å². The lowest BCUT2D eigenvalue weighted by Crippen LogP contribution is -2.49. The second-order valence-corrected chi connectivity index (χ2v) is 7.17. The van der Waals surface area contributed by atoms with E-state index in [2.05, 4.69) is 30.0 Å². The molecule has 154 valence electrons. The molecule has 0 radical (unpaired) electrons. The van der Waals surface area contributed by atoms with Crippen molar-refractivity contribution in [1.29, 1.82) is 0 Å². The summed E-state index contributed by atoms with van der Waals surface area (Å²) >= 11 is 4.98. The highest BCUT2D eigenvalue weighted by molar-refractivity contribution is 7.80. The Hall–Kier alpha value is -3.13. The molecule has 0 fully saturated rings. The predicted octanol–water partition coefficient (Wildman–Crippen LogP) is 3.13. The van der Waals surface area contributed by atoms with Gasteiger partial charge in [0.05, 0.1) is 0 Å². The van der Waals surface area contributed by atoms with Crippen molar-refractivity contribution < 1.29 is 18.7 Å². The summed E-state index contributed by atoms with van der Waals surface area (Å²) in [5.74, 6) is 1.36. The standard InChI is InChI=1S/C21H25N3O4S/c1-13(2)17-9-5-14(3)11-18(17)27-12-20(26)23-24-21(29)22-19(25)10-8-16-7-6-15(4)28-16/h5-11,13H,12H2,1-4H3,(H,23,26)(H2,22,24,25,29)/b10-8+. The fourth-order valence-electron chi connectivity index (χ4n) is 2.44. The first-order chi connectivity index (χ1) is 13.7. The molecule has 8 heteroatoms. The summed E-state index contributed by atoms with van der Waals surface area (Å²) in [4.78, 5) is 23.8. The number of amides is 2. The zero-order valence-electron chi connectivity index (χ0n) is 16.9. The molecule has 7 nitrogen and oxygen atoms in total. The molecule has 0 aliphatic carbocycles. The number of ether oxygens (including phenoxy) is 1. The van der Waals surface area contributed by atoms with E-state index in [4.69, 9.17) is 21.4 Å². The molecule has 3 N–H and O–H groups in total. The zero-order chi connectivity index (χ0) is 21.4. The van der Waals surface area contributed by atoms with Gasteiger partial charge in [0.2, 0.25) is 5.91 Å². The van der Waals surface area contributed by atoms with E-state index < -0.39 is 11.8 Å². The number of hydrazine groups is 1. The molecular formula is C21H25N3O4S. The molecule has 0 aliphatic rings. The largest absolute Gasteiger partial charge is 0.483 e. The van der Waals surface area contributed by atoms with Crippen LogP contribution in [-0.4, -0.2) is 23.5 Å². The molecule has 0 spiro atoms. The minimum atomic E-state index is -0.455. The average molecular weight is 416 g/mol. The van der Waals surface area contributed by atoms with Crippen LogP contribution < -0.4 is 20.9 Å². The number of rotatable bonds is 6. The Kier molecular flexibility index (Phi) is 7.97. The van der Waals surface area contributed by atoms with Crippen LogP contribution in [0.25, 0.3) is 6.08 Å². The molecule has 0 saturated carbocycles. The molecule has 0 unspecified atom stereocenters. The second kappa shape index (κ2) is 10.4. The SMILES string of the molecule is Cc1ccc(C(C)C)c(OCC(=O)NNC(=S)NC(=O)/C=C/c2ccc(C)o2)c1. The number of benzene rings is 1. The van der Waals surface area contributed by atoms with Crippen molar-refractivity contribution in [3.05, 3.63) is 59.1 Å². The van der Waals surface area contributed by atoms with Crippen molar-refractivity contribution in [3.8, 4) is 5.75 Å². The maximum atomic E-state index is 12.0. The molecule has 0 atom stereocenters. The van der Waals surface area contributed by atoms with E-state index in [1.807, 2.05) is 32.0 Å². The van der Waals surface area contributed by atoms with Gasteiger partial charge in [-0.2, -0.15) is 0 Å². The Balaban J connectivity index is 1.76. The zero-order valence-corrected chi connectivity index (χ0v) is 17.7.